The highest BCUT2D eigenvalue weighted by Crippen LogP contribution is 2.21. The van der Waals surface area contributed by atoms with E-state index < -0.39 is 0 Å². The molecule has 0 aromatic heterocycles. The van der Waals surface area contributed by atoms with Gasteiger partial charge < -0.3 is 10.6 Å². The third-order valence-corrected chi connectivity index (χ3v) is 5.74. The van der Waals surface area contributed by atoms with Crippen LogP contribution in [0.1, 0.15) is 44.6 Å². The summed E-state index contributed by atoms with van der Waals surface area (Å²) in [5, 5.41) is 5.96. The minimum absolute atomic E-state index is 0.00242. The van der Waals surface area contributed by atoms with Crippen LogP contribution >= 0.6 is 0 Å². The first-order valence-corrected chi connectivity index (χ1v) is 10.5. The Balaban J connectivity index is 1.42. The maximum atomic E-state index is 12.4. The molecule has 5 heteroatoms. The zero-order chi connectivity index (χ0) is 20.6. The molecule has 0 radical (unpaired) electrons. The second kappa shape index (κ2) is 10.2. The minimum atomic E-state index is -0.00604. The van der Waals surface area contributed by atoms with Crippen LogP contribution < -0.4 is 10.6 Å². The van der Waals surface area contributed by atoms with Gasteiger partial charge in [-0.3, -0.25) is 14.5 Å². The standard InChI is InChI=1S/C24H31N3O2/c1-3-18(2)19-9-11-22(12-10-19)25-23(28)17-27-15-13-20(14-16-27)24(29)26-21-7-5-4-6-8-21/h4-12,18,20H,3,13-17H2,1-2H3,(H,25,28)(H,26,29)/t18-/m1/s1. The highest BCUT2D eigenvalue weighted by molar-refractivity contribution is 5.93. The Morgan fingerprint density at radius 2 is 1.59 bits per heavy atom. The van der Waals surface area contributed by atoms with Crippen LogP contribution in [0.15, 0.2) is 54.6 Å². The van der Waals surface area contributed by atoms with E-state index in [0.29, 0.717) is 12.5 Å². The number of nitrogens with one attached hydrogen (secondary N) is 2. The number of hydrogen-bond acceptors (Lipinski definition) is 3. The fourth-order valence-corrected chi connectivity index (χ4v) is 3.65. The Morgan fingerprint density at radius 3 is 2.21 bits per heavy atom. The van der Waals surface area contributed by atoms with Crippen molar-refractivity contribution in [3.05, 3.63) is 60.2 Å². The van der Waals surface area contributed by atoms with Gasteiger partial charge in [-0.25, -0.2) is 0 Å². The molecule has 2 amide bonds. The fraction of sp³-hybridized carbons (Fsp3) is 0.417. The molecule has 0 bridgehead atoms. The second-order valence-corrected chi connectivity index (χ2v) is 7.89. The van der Waals surface area contributed by atoms with Gasteiger partial charge in [-0.1, -0.05) is 44.2 Å². The number of para-hydroxylation sites is 1. The average Bonchev–Trinajstić information content (AvgIpc) is 2.75. The van der Waals surface area contributed by atoms with Crippen LogP contribution in [-0.4, -0.2) is 36.3 Å². The number of piperidine rings is 1. The number of nitrogens with zero attached hydrogens (tertiary/aromatic N) is 1. The maximum Gasteiger partial charge on any atom is 0.238 e. The van der Waals surface area contributed by atoms with E-state index in [4.69, 9.17) is 0 Å². The molecule has 0 unspecified atom stereocenters. The fourth-order valence-electron chi connectivity index (χ4n) is 3.65. The summed E-state index contributed by atoms with van der Waals surface area (Å²) in [6, 6.07) is 17.7. The van der Waals surface area contributed by atoms with E-state index in [1.54, 1.807) is 0 Å². The number of likely N-dealkylation sites (tertiary alicyclic amines) is 1. The summed E-state index contributed by atoms with van der Waals surface area (Å²) < 4.78 is 0. The van der Waals surface area contributed by atoms with E-state index in [-0.39, 0.29) is 17.7 Å². The molecule has 29 heavy (non-hydrogen) atoms. The number of amides is 2. The molecule has 0 aliphatic carbocycles. The quantitative estimate of drug-likeness (QED) is 0.729. The largest absolute Gasteiger partial charge is 0.326 e. The molecule has 1 saturated heterocycles. The lowest BCUT2D eigenvalue weighted by Crippen LogP contribution is -2.41. The first-order chi connectivity index (χ1) is 14.0. The number of anilines is 2. The smallest absolute Gasteiger partial charge is 0.238 e. The molecule has 1 aliphatic heterocycles. The zero-order valence-electron chi connectivity index (χ0n) is 17.4. The summed E-state index contributed by atoms with van der Waals surface area (Å²) in [4.78, 5) is 26.9. The molecule has 5 nitrogen and oxygen atoms in total. The number of carbonyl (C=O) groups is 2. The van der Waals surface area contributed by atoms with E-state index in [1.807, 2.05) is 42.5 Å². The van der Waals surface area contributed by atoms with E-state index in [2.05, 4.69) is 41.5 Å². The lowest BCUT2D eigenvalue weighted by atomic mass is 9.95. The van der Waals surface area contributed by atoms with Gasteiger partial charge in [0.05, 0.1) is 6.54 Å². The van der Waals surface area contributed by atoms with Crippen LogP contribution in [0.4, 0.5) is 11.4 Å². The van der Waals surface area contributed by atoms with Gasteiger partial charge in [0, 0.05) is 17.3 Å². The molecule has 0 saturated carbocycles. The van der Waals surface area contributed by atoms with Gasteiger partial charge in [0.25, 0.3) is 0 Å². The zero-order valence-corrected chi connectivity index (χ0v) is 17.4. The molecule has 2 aromatic carbocycles. The molecular formula is C24H31N3O2. The van der Waals surface area contributed by atoms with E-state index >= 15 is 0 Å². The Hall–Kier alpha value is -2.66. The maximum absolute atomic E-state index is 12.4. The second-order valence-electron chi connectivity index (χ2n) is 7.89. The van der Waals surface area contributed by atoms with Gasteiger partial charge in [0.15, 0.2) is 0 Å². The van der Waals surface area contributed by atoms with E-state index in [0.717, 1.165) is 43.7 Å². The summed E-state index contributed by atoms with van der Waals surface area (Å²) >= 11 is 0. The Labute approximate surface area is 173 Å². The SMILES string of the molecule is CC[C@@H](C)c1ccc(NC(=O)CN2CCC(C(=O)Nc3ccccc3)CC2)cc1. The molecule has 2 N–H and O–H groups in total. The topological polar surface area (TPSA) is 61.4 Å². The summed E-state index contributed by atoms with van der Waals surface area (Å²) in [5.74, 6) is 0.595. The molecule has 1 fully saturated rings. The highest BCUT2D eigenvalue weighted by atomic mass is 16.2. The summed E-state index contributed by atoms with van der Waals surface area (Å²) in [6.45, 7) is 6.26. The van der Waals surface area contributed by atoms with Crippen LogP contribution in [0.5, 0.6) is 0 Å². The number of hydrogen-bond donors (Lipinski definition) is 2. The highest BCUT2D eigenvalue weighted by Gasteiger charge is 2.26. The number of carbonyl (C=O) groups excluding carboxylic acids is 2. The first-order valence-electron chi connectivity index (χ1n) is 10.5. The monoisotopic (exact) mass is 393 g/mol. The van der Waals surface area contributed by atoms with Crippen molar-refractivity contribution in [1.29, 1.82) is 0 Å². The Kier molecular flexibility index (Phi) is 7.42. The van der Waals surface area contributed by atoms with Crippen LogP contribution in [0.2, 0.25) is 0 Å². The predicted molar refractivity (Wildman–Crippen MR) is 118 cm³/mol. The van der Waals surface area contributed by atoms with Crippen molar-refractivity contribution in [1.82, 2.24) is 4.90 Å². The molecule has 2 aromatic rings. The Bertz CT molecular complexity index is 797. The van der Waals surface area contributed by atoms with Crippen LogP contribution in [-0.2, 0) is 9.59 Å². The van der Waals surface area contributed by atoms with Crippen molar-refractivity contribution in [3.8, 4) is 0 Å². The summed E-state index contributed by atoms with van der Waals surface area (Å²) in [5.41, 5.74) is 2.96. The van der Waals surface area contributed by atoms with E-state index in [1.165, 1.54) is 5.56 Å². The summed E-state index contributed by atoms with van der Waals surface area (Å²) in [6.07, 6.45) is 2.65. The molecule has 1 heterocycles. The predicted octanol–water partition coefficient (Wildman–Crippen LogP) is 4.49. The van der Waals surface area contributed by atoms with Crippen LogP contribution in [0, 0.1) is 5.92 Å². The molecule has 3 rings (SSSR count). The first kappa shape index (κ1) is 21.1. The van der Waals surface area contributed by atoms with Crippen LogP contribution in [0.25, 0.3) is 0 Å². The van der Waals surface area contributed by atoms with Gasteiger partial charge in [0.1, 0.15) is 0 Å². The molecular weight excluding hydrogens is 362 g/mol. The van der Waals surface area contributed by atoms with Crippen molar-refractivity contribution in [2.75, 3.05) is 30.3 Å². The van der Waals surface area contributed by atoms with Gasteiger partial charge in [-0.15, -0.1) is 0 Å². The van der Waals surface area contributed by atoms with Crippen molar-refractivity contribution < 1.29 is 9.59 Å². The number of rotatable bonds is 7. The lowest BCUT2D eigenvalue weighted by molar-refractivity contribution is -0.121. The van der Waals surface area contributed by atoms with Gasteiger partial charge in [-0.2, -0.15) is 0 Å². The van der Waals surface area contributed by atoms with Gasteiger partial charge >= 0.3 is 0 Å². The average molecular weight is 394 g/mol. The molecule has 0 spiro atoms. The van der Waals surface area contributed by atoms with Crippen molar-refractivity contribution in [2.45, 2.75) is 39.0 Å². The van der Waals surface area contributed by atoms with Crippen molar-refractivity contribution >= 4 is 23.2 Å². The van der Waals surface area contributed by atoms with Gasteiger partial charge in [-0.05, 0) is 68.1 Å². The Morgan fingerprint density at radius 1 is 0.966 bits per heavy atom. The van der Waals surface area contributed by atoms with Crippen molar-refractivity contribution in [3.63, 3.8) is 0 Å². The van der Waals surface area contributed by atoms with Gasteiger partial charge in [0.2, 0.25) is 11.8 Å². The lowest BCUT2D eigenvalue weighted by Gasteiger charge is -2.30. The van der Waals surface area contributed by atoms with Crippen LogP contribution in [0.3, 0.4) is 0 Å². The summed E-state index contributed by atoms with van der Waals surface area (Å²) in [7, 11) is 0. The number of benzene rings is 2. The molecule has 1 aliphatic rings. The molecule has 154 valence electrons. The minimum Gasteiger partial charge on any atom is -0.326 e. The normalized spacial score (nSPS) is 16.2. The molecule has 1 atom stereocenters. The third kappa shape index (κ3) is 6.16. The van der Waals surface area contributed by atoms with E-state index in [9.17, 15) is 9.59 Å². The van der Waals surface area contributed by atoms with Crippen molar-refractivity contribution in [2.24, 2.45) is 5.92 Å². The third-order valence-electron chi connectivity index (χ3n) is 5.74.